The number of rotatable bonds is 5. The van der Waals surface area contributed by atoms with Crippen molar-refractivity contribution in [2.75, 3.05) is 11.9 Å². The first-order valence-corrected chi connectivity index (χ1v) is 10.6. The van der Waals surface area contributed by atoms with Crippen molar-refractivity contribution in [1.29, 1.82) is 0 Å². The van der Waals surface area contributed by atoms with E-state index in [2.05, 4.69) is 10.6 Å². The van der Waals surface area contributed by atoms with Crippen LogP contribution < -0.4 is 10.6 Å². The van der Waals surface area contributed by atoms with Crippen molar-refractivity contribution in [3.63, 3.8) is 0 Å². The summed E-state index contributed by atoms with van der Waals surface area (Å²) in [5.41, 5.74) is 4.55. The predicted octanol–water partition coefficient (Wildman–Crippen LogP) is 5.05. The fourth-order valence-corrected chi connectivity index (χ4v) is 4.11. The molecule has 0 radical (unpaired) electrons. The lowest BCUT2D eigenvalue weighted by Crippen LogP contribution is -2.26. The number of aryl methyl sites for hydroxylation is 1. The molecule has 30 heavy (non-hydrogen) atoms. The number of carbonyl (C=O) groups excluding carboxylic acids is 2. The first kappa shape index (κ1) is 20.0. The van der Waals surface area contributed by atoms with Crippen molar-refractivity contribution in [3.05, 3.63) is 100.0 Å². The third kappa shape index (κ3) is 4.81. The molecule has 0 aromatic heterocycles. The van der Waals surface area contributed by atoms with Crippen molar-refractivity contribution in [2.24, 2.45) is 0 Å². The molecule has 150 valence electrons. The molecule has 4 nitrogen and oxygen atoms in total. The van der Waals surface area contributed by atoms with E-state index in [4.69, 9.17) is 0 Å². The van der Waals surface area contributed by atoms with Crippen molar-refractivity contribution in [1.82, 2.24) is 5.32 Å². The summed E-state index contributed by atoms with van der Waals surface area (Å²) in [4.78, 5) is 26.6. The molecule has 0 saturated heterocycles. The van der Waals surface area contributed by atoms with E-state index >= 15 is 0 Å². The van der Waals surface area contributed by atoms with Crippen LogP contribution in [0.4, 0.5) is 5.69 Å². The lowest BCUT2D eigenvalue weighted by atomic mass is 10.1. The van der Waals surface area contributed by atoms with Crippen molar-refractivity contribution in [2.45, 2.75) is 18.2 Å². The van der Waals surface area contributed by atoms with Gasteiger partial charge in [-0.2, -0.15) is 0 Å². The summed E-state index contributed by atoms with van der Waals surface area (Å²) in [5, 5.41) is 5.85. The van der Waals surface area contributed by atoms with E-state index in [1.165, 1.54) is 22.9 Å². The Labute approximate surface area is 180 Å². The van der Waals surface area contributed by atoms with E-state index in [0.717, 1.165) is 16.9 Å². The van der Waals surface area contributed by atoms with Gasteiger partial charge in [-0.15, -0.1) is 0 Å². The Hall–Kier alpha value is -3.31. The van der Waals surface area contributed by atoms with E-state index in [1.807, 2.05) is 73.7 Å². The number of carbonyl (C=O) groups is 2. The molecule has 3 aromatic rings. The minimum absolute atomic E-state index is 0.144. The molecule has 3 aromatic carbocycles. The lowest BCUT2D eigenvalue weighted by Gasteiger charge is -2.19. The fraction of sp³-hybridized carbons (Fsp3) is 0.120. The Balaban J connectivity index is 1.43. The van der Waals surface area contributed by atoms with Gasteiger partial charge in [0, 0.05) is 17.0 Å². The van der Waals surface area contributed by atoms with Crippen LogP contribution in [0.3, 0.4) is 0 Å². The Kier molecular flexibility index (Phi) is 6.00. The number of anilines is 1. The molecule has 1 aliphatic rings. The zero-order chi connectivity index (χ0) is 20.9. The third-order valence-corrected chi connectivity index (χ3v) is 5.95. The summed E-state index contributed by atoms with van der Waals surface area (Å²) in [7, 11) is 0. The maximum Gasteiger partial charge on any atom is 0.262 e. The van der Waals surface area contributed by atoms with Crippen LogP contribution in [0.2, 0.25) is 0 Å². The summed E-state index contributed by atoms with van der Waals surface area (Å²) in [6.45, 7) is 2.59. The number of thioether (sulfide) groups is 1. The Morgan fingerprint density at radius 2 is 1.80 bits per heavy atom. The molecule has 2 N–H and O–H groups in total. The second-order valence-corrected chi connectivity index (χ2v) is 8.26. The number of amides is 2. The van der Waals surface area contributed by atoms with Gasteiger partial charge in [0.1, 0.15) is 0 Å². The van der Waals surface area contributed by atoms with E-state index in [9.17, 15) is 9.59 Å². The molecular formula is C25H22N2O2S. The molecule has 0 spiro atoms. The van der Waals surface area contributed by atoms with Gasteiger partial charge in [0.2, 0.25) is 0 Å². The van der Waals surface area contributed by atoms with Gasteiger partial charge in [-0.3, -0.25) is 9.59 Å². The van der Waals surface area contributed by atoms with Crippen LogP contribution in [-0.2, 0) is 11.2 Å². The number of fused-ring (bicyclic) bond motifs is 1. The number of nitrogens with one attached hydrogen (secondary N) is 2. The maximum atomic E-state index is 12.5. The standard InChI is InChI=1S/C25H22N2O2S/c1-17-7-9-19(10-8-17)15-23-25(29)27-21-16-20(11-12-22(21)30-23)24(28)26-14-13-18-5-3-2-4-6-18/h2-12,15-16H,13-14H2,1H3,(H,26,28)(H,27,29)/b23-15+. The Morgan fingerprint density at radius 1 is 1.03 bits per heavy atom. The second kappa shape index (κ2) is 9.01. The van der Waals surface area contributed by atoms with Gasteiger partial charge >= 0.3 is 0 Å². The molecule has 1 aliphatic heterocycles. The predicted molar refractivity (Wildman–Crippen MR) is 123 cm³/mol. The van der Waals surface area contributed by atoms with Crippen LogP contribution in [0.5, 0.6) is 0 Å². The molecule has 4 rings (SSSR count). The monoisotopic (exact) mass is 414 g/mol. The van der Waals surface area contributed by atoms with Gasteiger partial charge < -0.3 is 10.6 Å². The van der Waals surface area contributed by atoms with Crippen molar-refractivity contribution >= 4 is 35.3 Å². The Bertz CT molecular complexity index is 1110. The maximum absolute atomic E-state index is 12.5. The summed E-state index contributed by atoms with van der Waals surface area (Å²) in [6, 6.07) is 23.5. The van der Waals surface area contributed by atoms with Crippen molar-refractivity contribution in [3.8, 4) is 0 Å². The zero-order valence-electron chi connectivity index (χ0n) is 16.6. The van der Waals surface area contributed by atoms with Crippen LogP contribution >= 0.6 is 11.8 Å². The van der Waals surface area contributed by atoms with E-state index < -0.39 is 0 Å². The molecule has 0 unspecified atom stereocenters. The van der Waals surface area contributed by atoms with Crippen LogP contribution in [0.25, 0.3) is 6.08 Å². The van der Waals surface area contributed by atoms with Crippen LogP contribution in [-0.4, -0.2) is 18.4 Å². The Morgan fingerprint density at radius 3 is 2.57 bits per heavy atom. The molecule has 2 amide bonds. The molecule has 0 saturated carbocycles. The summed E-state index contributed by atoms with van der Waals surface area (Å²) in [6.07, 6.45) is 2.66. The molecule has 0 bridgehead atoms. The van der Waals surface area contributed by atoms with Gasteiger partial charge in [0.15, 0.2) is 0 Å². The zero-order valence-corrected chi connectivity index (χ0v) is 17.5. The van der Waals surface area contributed by atoms with Crippen LogP contribution in [0, 0.1) is 6.92 Å². The molecule has 1 heterocycles. The first-order chi connectivity index (χ1) is 14.6. The van der Waals surface area contributed by atoms with Crippen LogP contribution in [0.1, 0.15) is 27.0 Å². The normalized spacial score (nSPS) is 14.2. The smallest absolute Gasteiger partial charge is 0.262 e. The molecule has 0 aliphatic carbocycles. The molecule has 5 heteroatoms. The number of hydrogen-bond acceptors (Lipinski definition) is 3. The minimum Gasteiger partial charge on any atom is -0.352 e. The highest BCUT2D eigenvalue weighted by Gasteiger charge is 2.22. The van der Waals surface area contributed by atoms with E-state index in [0.29, 0.717) is 22.7 Å². The van der Waals surface area contributed by atoms with Crippen LogP contribution in [0.15, 0.2) is 82.6 Å². The third-order valence-electron chi connectivity index (χ3n) is 4.85. The summed E-state index contributed by atoms with van der Waals surface area (Å²) >= 11 is 1.42. The molecule has 0 fully saturated rings. The largest absolute Gasteiger partial charge is 0.352 e. The highest BCUT2D eigenvalue weighted by Crippen LogP contribution is 2.39. The first-order valence-electron chi connectivity index (χ1n) is 9.82. The highest BCUT2D eigenvalue weighted by molar-refractivity contribution is 8.04. The second-order valence-electron chi connectivity index (χ2n) is 7.18. The summed E-state index contributed by atoms with van der Waals surface area (Å²) < 4.78 is 0. The quantitative estimate of drug-likeness (QED) is 0.574. The SMILES string of the molecule is Cc1ccc(/C=C2/Sc3ccc(C(=O)NCCc4ccccc4)cc3NC2=O)cc1. The topological polar surface area (TPSA) is 58.2 Å². The van der Waals surface area contributed by atoms with E-state index in [-0.39, 0.29) is 11.8 Å². The van der Waals surface area contributed by atoms with Gasteiger partial charge in [-0.05, 0) is 48.7 Å². The fourth-order valence-electron chi connectivity index (χ4n) is 3.18. The summed E-state index contributed by atoms with van der Waals surface area (Å²) in [5.74, 6) is -0.302. The van der Waals surface area contributed by atoms with E-state index in [1.54, 1.807) is 12.1 Å². The average molecular weight is 415 g/mol. The minimum atomic E-state index is -0.158. The van der Waals surface area contributed by atoms with Gasteiger partial charge in [-0.1, -0.05) is 71.9 Å². The van der Waals surface area contributed by atoms with Gasteiger partial charge in [-0.25, -0.2) is 0 Å². The van der Waals surface area contributed by atoms with Crippen molar-refractivity contribution < 1.29 is 9.59 Å². The number of benzene rings is 3. The lowest BCUT2D eigenvalue weighted by molar-refractivity contribution is -0.112. The molecule has 0 atom stereocenters. The van der Waals surface area contributed by atoms with Gasteiger partial charge in [0.25, 0.3) is 11.8 Å². The average Bonchev–Trinajstić information content (AvgIpc) is 2.76. The molecular weight excluding hydrogens is 392 g/mol. The van der Waals surface area contributed by atoms with Gasteiger partial charge in [0.05, 0.1) is 10.6 Å². The number of hydrogen-bond donors (Lipinski definition) is 2. The highest BCUT2D eigenvalue weighted by atomic mass is 32.2.